The SMILES string of the molecule is Cc1cc(C(C)(C)C)cc(C)c1CSc1nc2ccc(N3C(=O)c4ccccc4C3=O)cc2s1. The third-order valence-corrected chi connectivity index (χ3v) is 8.49. The molecule has 0 atom stereocenters. The molecule has 5 rings (SSSR count). The molecule has 0 bridgehead atoms. The van der Waals surface area contributed by atoms with Gasteiger partial charge in [0.15, 0.2) is 4.34 Å². The van der Waals surface area contributed by atoms with Crippen molar-refractivity contribution >= 4 is 50.8 Å². The number of hydrogen-bond donors (Lipinski definition) is 0. The van der Waals surface area contributed by atoms with Crippen LogP contribution in [-0.2, 0) is 11.2 Å². The van der Waals surface area contributed by atoms with E-state index in [-0.39, 0.29) is 17.2 Å². The topological polar surface area (TPSA) is 50.3 Å². The number of amides is 2. The lowest BCUT2D eigenvalue weighted by molar-refractivity contribution is 0.0926. The smallest absolute Gasteiger partial charge is 0.266 e. The molecule has 2 heterocycles. The monoisotopic (exact) mass is 486 g/mol. The van der Waals surface area contributed by atoms with Crippen molar-refractivity contribution in [3.63, 3.8) is 0 Å². The van der Waals surface area contributed by atoms with Gasteiger partial charge in [0.05, 0.1) is 27.0 Å². The number of nitrogens with zero attached hydrogens (tertiary/aromatic N) is 2. The number of aryl methyl sites for hydroxylation is 2. The van der Waals surface area contributed by atoms with Crippen LogP contribution in [0.4, 0.5) is 5.69 Å². The standard InChI is InChI=1S/C28H26N2O2S2/c1-16-12-18(28(3,4)5)13-17(2)22(16)15-33-27-29-23-11-10-19(14-24(23)34-27)30-25(31)20-8-6-7-9-21(20)26(30)32/h6-14H,15H2,1-5H3. The molecule has 4 nitrogen and oxygen atoms in total. The van der Waals surface area contributed by atoms with E-state index in [0.29, 0.717) is 16.8 Å². The number of benzene rings is 3. The minimum Gasteiger partial charge on any atom is -0.268 e. The maximum atomic E-state index is 12.8. The van der Waals surface area contributed by atoms with Gasteiger partial charge in [-0.15, -0.1) is 11.3 Å². The molecule has 4 aromatic rings. The Balaban J connectivity index is 1.39. The van der Waals surface area contributed by atoms with E-state index in [1.165, 1.54) is 27.2 Å². The quantitative estimate of drug-likeness (QED) is 0.224. The highest BCUT2D eigenvalue weighted by Gasteiger charge is 2.36. The first-order valence-electron chi connectivity index (χ1n) is 11.3. The van der Waals surface area contributed by atoms with Crippen LogP contribution in [0.15, 0.2) is 58.9 Å². The molecule has 0 radical (unpaired) electrons. The Bertz CT molecular complexity index is 1410. The maximum Gasteiger partial charge on any atom is 0.266 e. The molecule has 0 aliphatic carbocycles. The summed E-state index contributed by atoms with van der Waals surface area (Å²) in [6.45, 7) is 11.1. The fraction of sp³-hybridized carbons (Fsp3) is 0.250. The summed E-state index contributed by atoms with van der Waals surface area (Å²) in [7, 11) is 0. The van der Waals surface area contributed by atoms with Crippen molar-refractivity contribution in [3.8, 4) is 0 Å². The van der Waals surface area contributed by atoms with E-state index < -0.39 is 0 Å². The highest BCUT2D eigenvalue weighted by atomic mass is 32.2. The van der Waals surface area contributed by atoms with Crippen molar-refractivity contribution in [2.24, 2.45) is 0 Å². The zero-order valence-electron chi connectivity index (χ0n) is 19.9. The predicted molar refractivity (Wildman–Crippen MR) is 141 cm³/mol. The van der Waals surface area contributed by atoms with E-state index in [1.54, 1.807) is 53.4 Å². The van der Waals surface area contributed by atoms with Crippen molar-refractivity contribution in [2.45, 2.75) is 50.1 Å². The molecule has 3 aromatic carbocycles. The number of imide groups is 1. The highest BCUT2D eigenvalue weighted by molar-refractivity contribution is 8.00. The zero-order chi connectivity index (χ0) is 24.2. The molecule has 1 aromatic heterocycles. The molecular formula is C28H26N2O2S2. The summed E-state index contributed by atoms with van der Waals surface area (Å²) in [6.07, 6.45) is 0. The van der Waals surface area contributed by atoms with Crippen LogP contribution in [0.3, 0.4) is 0 Å². The lowest BCUT2D eigenvalue weighted by Crippen LogP contribution is -2.29. The Kier molecular flexibility index (Phi) is 5.61. The maximum absolute atomic E-state index is 12.8. The van der Waals surface area contributed by atoms with Crippen LogP contribution in [0.2, 0.25) is 0 Å². The minimum atomic E-state index is -0.274. The molecule has 34 heavy (non-hydrogen) atoms. The van der Waals surface area contributed by atoms with Crippen LogP contribution in [0.5, 0.6) is 0 Å². The van der Waals surface area contributed by atoms with E-state index in [1.807, 2.05) is 12.1 Å². The Hall–Kier alpha value is -2.96. The number of hydrogen-bond acceptors (Lipinski definition) is 5. The second-order valence-electron chi connectivity index (χ2n) is 9.75. The summed E-state index contributed by atoms with van der Waals surface area (Å²) in [5, 5.41) is 0. The Morgan fingerprint density at radius 1 is 0.912 bits per heavy atom. The molecule has 172 valence electrons. The van der Waals surface area contributed by atoms with Gasteiger partial charge in [0.25, 0.3) is 11.8 Å². The van der Waals surface area contributed by atoms with E-state index in [0.717, 1.165) is 20.3 Å². The van der Waals surface area contributed by atoms with Crippen LogP contribution in [0.25, 0.3) is 10.2 Å². The van der Waals surface area contributed by atoms with Crippen molar-refractivity contribution < 1.29 is 9.59 Å². The van der Waals surface area contributed by atoms with Gasteiger partial charge in [0.2, 0.25) is 0 Å². The molecule has 0 saturated heterocycles. The Morgan fingerprint density at radius 3 is 2.12 bits per heavy atom. The first-order valence-corrected chi connectivity index (χ1v) is 13.1. The summed E-state index contributed by atoms with van der Waals surface area (Å²) in [5.74, 6) is 0.306. The van der Waals surface area contributed by atoms with Crippen LogP contribution in [0.1, 0.15) is 63.7 Å². The molecule has 0 N–H and O–H groups in total. The van der Waals surface area contributed by atoms with Crippen LogP contribution in [0, 0.1) is 13.8 Å². The van der Waals surface area contributed by atoms with Gasteiger partial charge in [0, 0.05) is 5.75 Å². The summed E-state index contributed by atoms with van der Waals surface area (Å²) in [5.41, 5.74) is 7.84. The van der Waals surface area contributed by atoms with Gasteiger partial charge in [-0.05, 0) is 71.8 Å². The van der Waals surface area contributed by atoms with Gasteiger partial charge >= 0.3 is 0 Å². The first-order chi connectivity index (χ1) is 16.1. The summed E-state index contributed by atoms with van der Waals surface area (Å²) in [4.78, 5) is 31.7. The van der Waals surface area contributed by atoms with Gasteiger partial charge < -0.3 is 0 Å². The number of carbonyl (C=O) groups excluding carboxylic acids is 2. The summed E-state index contributed by atoms with van der Waals surface area (Å²) >= 11 is 3.33. The van der Waals surface area contributed by atoms with Crippen LogP contribution >= 0.6 is 23.1 Å². The van der Waals surface area contributed by atoms with Gasteiger partial charge in [-0.25, -0.2) is 9.88 Å². The van der Waals surface area contributed by atoms with Crippen LogP contribution < -0.4 is 4.90 Å². The second kappa shape index (κ2) is 8.36. The predicted octanol–water partition coefficient (Wildman–Crippen LogP) is 7.30. The highest BCUT2D eigenvalue weighted by Crippen LogP contribution is 2.37. The number of thioether (sulfide) groups is 1. The number of aromatic nitrogens is 1. The molecule has 1 aliphatic rings. The molecule has 1 aliphatic heterocycles. The molecule has 0 saturated carbocycles. The van der Waals surface area contributed by atoms with E-state index in [4.69, 9.17) is 4.98 Å². The Morgan fingerprint density at radius 2 is 1.53 bits per heavy atom. The number of thiazole rings is 1. The van der Waals surface area contributed by atoms with E-state index in [9.17, 15) is 9.59 Å². The average molecular weight is 487 g/mol. The second-order valence-corrected chi connectivity index (χ2v) is 12.0. The van der Waals surface area contributed by atoms with Gasteiger partial charge in [-0.3, -0.25) is 9.59 Å². The number of fused-ring (bicyclic) bond motifs is 2. The summed E-state index contributed by atoms with van der Waals surface area (Å²) < 4.78 is 1.95. The Labute approximate surface area is 208 Å². The largest absolute Gasteiger partial charge is 0.268 e. The van der Waals surface area contributed by atoms with E-state index in [2.05, 4.69) is 46.8 Å². The summed E-state index contributed by atoms with van der Waals surface area (Å²) in [6, 6.07) is 17.2. The molecule has 0 fully saturated rings. The van der Waals surface area contributed by atoms with Gasteiger partial charge in [-0.2, -0.15) is 0 Å². The van der Waals surface area contributed by atoms with Crippen molar-refractivity contribution in [1.29, 1.82) is 0 Å². The number of carbonyl (C=O) groups is 2. The third kappa shape index (κ3) is 3.95. The molecule has 0 unspecified atom stereocenters. The first kappa shape index (κ1) is 22.8. The molecule has 6 heteroatoms. The number of anilines is 1. The van der Waals surface area contributed by atoms with Gasteiger partial charge in [-0.1, -0.05) is 56.8 Å². The minimum absolute atomic E-state index is 0.130. The van der Waals surface area contributed by atoms with Crippen molar-refractivity contribution in [1.82, 2.24) is 4.98 Å². The lowest BCUT2D eigenvalue weighted by Gasteiger charge is -2.22. The van der Waals surface area contributed by atoms with E-state index >= 15 is 0 Å². The normalized spacial score (nSPS) is 13.7. The third-order valence-electron chi connectivity index (χ3n) is 6.31. The molecule has 0 spiro atoms. The average Bonchev–Trinajstić information content (AvgIpc) is 3.30. The number of rotatable bonds is 4. The zero-order valence-corrected chi connectivity index (χ0v) is 21.6. The van der Waals surface area contributed by atoms with Gasteiger partial charge in [0.1, 0.15) is 0 Å². The van der Waals surface area contributed by atoms with Crippen molar-refractivity contribution in [2.75, 3.05) is 4.90 Å². The van der Waals surface area contributed by atoms with Crippen LogP contribution in [-0.4, -0.2) is 16.8 Å². The fourth-order valence-electron chi connectivity index (χ4n) is 4.30. The van der Waals surface area contributed by atoms with Crippen molar-refractivity contribution in [3.05, 3.63) is 88.0 Å². The molecular weight excluding hydrogens is 460 g/mol. The molecule has 2 amide bonds. The lowest BCUT2D eigenvalue weighted by atomic mass is 9.84. The fourth-order valence-corrected chi connectivity index (χ4v) is 6.60.